The number of rotatable bonds is 8. The van der Waals surface area contributed by atoms with Crippen LogP contribution in [0.1, 0.15) is 24.2 Å². The average Bonchev–Trinajstić information content (AvgIpc) is 3.22. The van der Waals surface area contributed by atoms with Crippen LogP contribution in [0.3, 0.4) is 0 Å². The first kappa shape index (κ1) is 22.5. The molecule has 0 atom stereocenters. The van der Waals surface area contributed by atoms with Crippen LogP contribution in [0.2, 0.25) is 0 Å². The number of carbonyl (C=O) groups is 1. The second-order valence-electron chi connectivity index (χ2n) is 7.93. The number of nitrogens with zero attached hydrogens (tertiary/aromatic N) is 3. The highest BCUT2D eigenvalue weighted by molar-refractivity contribution is 7.22. The van der Waals surface area contributed by atoms with Crippen molar-refractivity contribution in [1.29, 1.82) is 0 Å². The zero-order chi connectivity index (χ0) is 22.5. The van der Waals surface area contributed by atoms with E-state index in [0.717, 1.165) is 54.6 Å². The van der Waals surface area contributed by atoms with Crippen LogP contribution in [0.25, 0.3) is 10.2 Å². The minimum atomic E-state index is -0.0691. The van der Waals surface area contributed by atoms with Gasteiger partial charge in [0.1, 0.15) is 11.5 Å². The number of anilines is 1. The maximum atomic E-state index is 13.5. The SMILES string of the molecule is COc1ccc2nc(N(CCN3CCOCC3)C(=O)c3ccc(OC(C)C)cc3)sc2c1. The number of carbonyl (C=O) groups excluding carboxylic acids is 1. The lowest BCUT2D eigenvalue weighted by atomic mass is 10.2. The van der Waals surface area contributed by atoms with Crippen molar-refractivity contribution in [3.8, 4) is 11.5 Å². The van der Waals surface area contributed by atoms with Gasteiger partial charge in [0.25, 0.3) is 5.91 Å². The summed E-state index contributed by atoms with van der Waals surface area (Å²) < 4.78 is 17.5. The number of methoxy groups -OCH3 is 1. The van der Waals surface area contributed by atoms with Crippen molar-refractivity contribution < 1.29 is 19.0 Å². The normalized spacial score (nSPS) is 14.6. The summed E-state index contributed by atoms with van der Waals surface area (Å²) in [5, 5.41) is 0.689. The van der Waals surface area contributed by atoms with Crippen molar-refractivity contribution in [2.24, 2.45) is 0 Å². The molecule has 0 unspecified atom stereocenters. The van der Waals surface area contributed by atoms with Gasteiger partial charge in [0.15, 0.2) is 5.13 Å². The van der Waals surface area contributed by atoms with Crippen LogP contribution in [0.15, 0.2) is 42.5 Å². The maximum Gasteiger partial charge on any atom is 0.260 e. The Kier molecular flexibility index (Phi) is 7.24. The number of amides is 1. The summed E-state index contributed by atoms with van der Waals surface area (Å²) >= 11 is 1.50. The summed E-state index contributed by atoms with van der Waals surface area (Å²) in [5.41, 5.74) is 1.47. The van der Waals surface area contributed by atoms with Gasteiger partial charge in [-0.1, -0.05) is 11.3 Å². The van der Waals surface area contributed by atoms with Gasteiger partial charge in [0.2, 0.25) is 0 Å². The Bertz CT molecular complexity index is 1050. The van der Waals surface area contributed by atoms with Crippen molar-refractivity contribution in [3.05, 3.63) is 48.0 Å². The minimum absolute atomic E-state index is 0.0691. The molecule has 1 saturated heterocycles. The van der Waals surface area contributed by atoms with E-state index in [4.69, 9.17) is 19.2 Å². The van der Waals surface area contributed by atoms with E-state index < -0.39 is 0 Å². The number of morpholine rings is 1. The van der Waals surface area contributed by atoms with Crippen LogP contribution in [0.5, 0.6) is 11.5 Å². The minimum Gasteiger partial charge on any atom is -0.497 e. The summed E-state index contributed by atoms with van der Waals surface area (Å²) in [5.74, 6) is 1.46. The standard InChI is InChI=1S/C24H29N3O4S/c1-17(2)31-19-6-4-18(5-7-19)23(28)27(11-10-26-12-14-30-15-13-26)24-25-21-9-8-20(29-3)16-22(21)32-24/h4-9,16-17H,10-15H2,1-3H3. The zero-order valence-corrected chi connectivity index (χ0v) is 19.6. The molecule has 0 saturated carbocycles. The second-order valence-corrected chi connectivity index (χ2v) is 8.94. The number of aromatic nitrogens is 1. The van der Waals surface area contributed by atoms with Crippen molar-refractivity contribution in [1.82, 2.24) is 9.88 Å². The molecule has 1 amide bonds. The molecule has 7 nitrogen and oxygen atoms in total. The van der Waals surface area contributed by atoms with Gasteiger partial charge in [0, 0.05) is 31.7 Å². The summed E-state index contributed by atoms with van der Waals surface area (Å²) in [6.45, 7) is 8.49. The molecule has 0 spiro atoms. The van der Waals surface area contributed by atoms with Crippen LogP contribution in [-0.4, -0.2) is 68.4 Å². The number of benzene rings is 2. The van der Waals surface area contributed by atoms with Gasteiger partial charge in [-0.25, -0.2) is 4.98 Å². The van der Waals surface area contributed by atoms with Gasteiger partial charge < -0.3 is 14.2 Å². The highest BCUT2D eigenvalue weighted by atomic mass is 32.1. The van der Waals surface area contributed by atoms with Gasteiger partial charge >= 0.3 is 0 Å². The molecule has 0 radical (unpaired) electrons. The molecule has 3 aromatic rings. The Morgan fingerprint density at radius 3 is 2.56 bits per heavy atom. The first-order chi connectivity index (χ1) is 15.5. The van der Waals surface area contributed by atoms with E-state index in [0.29, 0.717) is 17.2 Å². The second kappa shape index (κ2) is 10.3. The number of fused-ring (bicyclic) bond motifs is 1. The predicted molar refractivity (Wildman–Crippen MR) is 127 cm³/mol. The van der Waals surface area contributed by atoms with Gasteiger partial charge in [-0.2, -0.15) is 0 Å². The fraction of sp³-hybridized carbons (Fsp3) is 0.417. The smallest absolute Gasteiger partial charge is 0.260 e. The number of hydrogen-bond donors (Lipinski definition) is 0. The largest absolute Gasteiger partial charge is 0.497 e. The molecule has 1 aliphatic rings. The fourth-order valence-corrected chi connectivity index (χ4v) is 4.61. The summed E-state index contributed by atoms with van der Waals surface area (Å²) in [6, 6.07) is 13.1. The van der Waals surface area contributed by atoms with Crippen LogP contribution in [-0.2, 0) is 4.74 Å². The van der Waals surface area contributed by atoms with Crippen LogP contribution >= 0.6 is 11.3 Å². The molecule has 8 heteroatoms. The van der Waals surface area contributed by atoms with Crippen molar-refractivity contribution in [3.63, 3.8) is 0 Å². The van der Waals surface area contributed by atoms with Crippen LogP contribution in [0.4, 0.5) is 5.13 Å². The highest BCUT2D eigenvalue weighted by Gasteiger charge is 2.23. The van der Waals surface area contributed by atoms with Gasteiger partial charge in [-0.05, 0) is 56.3 Å². The molecule has 2 aromatic carbocycles. The Morgan fingerprint density at radius 1 is 1.16 bits per heavy atom. The summed E-state index contributed by atoms with van der Waals surface area (Å²) in [6.07, 6.45) is 0.0845. The topological polar surface area (TPSA) is 64.1 Å². The van der Waals surface area contributed by atoms with Crippen molar-refractivity contribution >= 4 is 32.6 Å². The maximum absolute atomic E-state index is 13.5. The van der Waals surface area contributed by atoms with Crippen LogP contribution in [0, 0.1) is 0 Å². The molecule has 2 heterocycles. The zero-order valence-electron chi connectivity index (χ0n) is 18.7. The Hall–Kier alpha value is -2.68. The summed E-state index contributed by atoms with van der Waals surface area (Å²) in [7, 11) is 1.65. The third-order valence-electron chi connectivity index (χ3n) is 5.28. The quantitative estimate of drug-likeness (QED) is 0.510. The van der Waals surface area contributed by atoms with Gasteiger partial charge in [-0.15, -0.1) is 0 Å². The lowest BCUT2D eigenvalue weighted by Crippen LogP contribution is -2.43. The van der Waals surface area contributed by atoms with E-state index in [9.17, 15) is 4.79 Å². The molecule has 0 bridgehead atoms. The third kappa shape index (κ3) is 5.38. The van der Waals surface area contributed by atoms with Crippen molar-refractivity contribution in [2.45, 2.75) is 20.0 Å². The molecule has 1 fully saturated rings. The lowest BCUT2D eigenvalue weighted by molar-refractivity contribution is 0.0391. The van der Waals surface area contributed by atoms with E-state index in [1.807, 2.05) is 56.3 Å². The molecule has 0 N–H and O–H groups in total. The van der Waals surface area contributed by atoms with Crippen LogP contribution < -0.4 is 14.4 Å². The first-order valence-electron chi connectivity index (χ1n) is 10.9. The van der Waals surface area contributed by atoms with E-state index >= 15 is 0 Å². The third-order valence-corrected chi connectivity index (χ3v) is 6.32. The Morgan fingerprint density at radius 2 is 1.88 bits per heavy atom. The molecular weight excluding hydrogens is 426 g/mol. The van der Waals surface area contributed by atoms with E-state index in [-0.39, 0.29) is 12.0 Å². The number of ether oxygens (including phenoxy) is 3. The Balaban J connectivity index is 1.59. The van der Waals surface area contributed by atoms with Crippen molar-refractivity contribution in [2.75, 3.05) is 51.4 Å². The highest BCUT2D eigenvalue weighted by Crippen LogP contribution is 2.32. The van der Waals surface area contributed by atoms with E-state index in [1.54, 1.807) is 12.0 Å². The Labute approximate surface area is 192 Å². The number of thiazole rings is 1. The lowest BCUT2D eigenvalue weighted by Gasteiger charge is -2.29. The van der Waals surface area contributed by atoms with Gasteiger partial charge in [0.05, 0.1) is 36.6 Å². The fourth-order valence-electron chi connectivity index (χ4n) is 3.59. The molecule has 32 heavy (non-hydrogen) atoms. The average molecular weight is 456 g/mol. The van der Waals surface area contributed by atoms with E-state index in [2.05, 4.69) is 4.90 Å². The molecular formula is C24H29N3O4S. The number of hydrogen-bond acceptors (Lipinski definition) is 7. The molecule has 1 aliphatic heterocycles. The summed E-state index contributed by atoms with van der Waals surface area (Å²) in [4.78, 5) is 22.4. The van der Waals surface area contributed by atoms with E-state index in [1.165, 1.54) is 11.3 Å². The molecule has 1 aromatic heterocycles. The molecule has 170 valence electrons. The molecule has 4 rings (SSSR count). The molecule has 0 aliphatic carbocycles. The predicted octanol–water partition coefficient (Wildman–Crippen LogP) is 4.07. The monoisotopic (exact) mass is 455 g/mol. The van der Waals surface area contributed by atoms with Gasteiger partial charge in [-0.3, -0.25) is 14.6 Å². The first-order valence-corrected chi connectivity index (χ1v) is 11.7.